The van der Waals surface area contributed by atoms with Gasteiger partial charge >= 0.3 is 0 Å². The first-order valence-electron chi connectivity index (χ1n) is 4.47. The average molecular weight is 198 g/mol. The van der Waals surface area contributed by atoms with E-state index in [-0.39, 0.29) is 0 Å². The second-order valence-corrected chi connectivity index (χ2v) is 2.99. The van der Waals surface area contributed by atoms with Crippen molar-refractivity contribution in [2.24, 2.45) is 0 Å². The fourth-order valence-corrected chi connectivity index (χ4v) is 1.18. The Morgan fingerprint density at radius 2 is 2.13 bits per heavy atom. The molecule has 0 aromatic heterocycles. The van der Waals surface area contributed by atoms with Crippen LogP contribution in [0.3, 0.4) is 0 Å². The minimum absolute atomic E-state index is 0.463. The molecule has 0 aliphatic carbocycles. The van der Waals surface area contributed by atoms with Crippen molar-refractivity contribution in [1.82, 2.24) is 5.32 Å². The van der Waals surface area contributed by atoms with Crippen molar-refractivity contribution < 1.29 is 4.79 Å². The Morgan fingerprint density at radius 3 is 2.67 bits per heavy atom. The van der Waals surface area contributed by atoms with Gasteiger partial charge in [0.1, 0.15) is 6.04 Å². The maximum atomic E-state index is 10.9. The van der Waals surface area contributed by atoms with Gasteiger partial charge < -0.3 is 5.32 Å². The van der Waals surface area contributed by atoms with Crippen molar-refractivity contribution in [3.8, 4) is 18.4 Å². The lowest BCUT2D eigenvalue weighted by atomic mass is 10.1. The maximum Gasteiger partial charge on any atom is 0.296 e. The van der Waals surface area contributed by atoms with Gasteiger partial charge in [-0.15, -0.1) is 6.42 Å². The summed E-state index contributed by atoms with van der Waals surface area (Å²) in [5, 5.41) is 11.2. The van der Waals surface area contributed by atoms with Crippen LogP contribution in [0.2, 0.25) is 0 Å². The van der Waals surface area contributed by atoms with Crippen LogP contribution in [0.25, 0.3) is 0 Å². The summed E-state index contributed by atoms with van der Waals surface area (Å²) in [6.45, 7) is 0. The van der Waals surface area contributed by atoms with Gasteiger partial charge in [0, 0.05) is 6.42 Å². The first kappa shape index (κ1) is 10.8. The first-order chi connectivity index (χ1) is 7.26. The molecular weight excluding hydrogens is 188 g/mol. The van der Waals surface area contributed by atoms with Crippen LogP contribution in [0.4, 0.5) is 0 Å². The van der Waals surface area contributed by atoms with Crippen molar-refractivity contribution >= 4 is 5.91 Å². The van der Waals surface area contributed by atoms with Gasteiger partial charge in [-0.05, 0) is 11.5 Å². The Hall–Kier alpha value is -2.26. The molecule has 3 heteroatoms. The smallest absolute Gasteiger partial charge is 0.296 e. The zero-order valence-corrected chi connectivity index (χ0v) is 8.10. The van der Waals surface area contributed by atoms with Crippen molar-refractivity contribution in [3.05, 3.63) is 35.9 Å². The van der Waals surface area contributed by atoms with E-state index >= 15 is 0 Å². The van der Waals surface area contributed by atoms with Gasteiger partial charge in [0.25, 0.3) is 5.91 Å². The van der Waals surface area contributed by atoms with Crippen molar-refractivity contribution in [2.75, 3.05) is 0 Å². The molecule has 74 valence electrons. The third-order valence-corrected chi connectivity index (χ3v) is 1.87. The summed E-state index contributed by atoms with van der Waals surface area (Å²) in [5.74, 6) is 1.36. The van der Waals surface area contributed by atoms with E-state index in [9.17, 15) is 4.79 Å². The molecule has 1 atom stereocenters. The lowest BCUT2D eigenvalue weighted by molar-refractivity contribution is -0.116. The van der Waals surface area contributed by atoms with Crippen molar-refractivity contribution in [1.29, 1.82) is 5.26 Å². The summed E-state index contributed by atoms with van der Waals surface area (Å²) in [7, 11) is 0. The molecule has 3 nitrogen and oxygen atoms in total. The molecule has 1 N–H and O–H groups in total. The summed E-state index contributed by atoms with van der Waals surface area (Å²) < 4.78 is 0. The molecule has 0 bridgehead atoms. The van der Waals surface area contributed by atoms with Gasteiger partial charge in [0.15, 0.2) is 0 Å². The molecule has 0 aliphatic heterocycles. The molecule has 0 spiro atoms. The number of rotatable bonds is 3. The number of nitriles is 1. The standard InChI is InChI=1S/C12H10N2O/c1-2-12(15)14-11(9-13)8-10-6-4-3-5-7-10/h1,3-7,11H,8H2,(H,14,15). The largest absolute Gasteiger partial charge is 0.329 e. The first-order valence-corrected chi connectivity index (χ1v) is 4.47. The zero-order chi connectivity index (χ0) is 11.1. The third-order valence-electron chi connectivity index (χ3n) is 1.87. The van der Waals surface area contributed by atoms with Crippen LogP contribution in [0.5, 0.6) is 0 Å². The number of carbonyl (C=O) groups is 1. The Bertz CT molecular complexity index is 411. The SMILES string of the molecule is C#CC(=O)NC(C#N)Cc1ccccc1. The Balaban J connectivity index is 2.60. The van der Waals surface area contributed by atoms with Gasteiger partial charge in [-0.3, -0.25) is 4.79 Å². The normalized spacial score (nSPS) is 10.8. The van der Waals surface area contributed by atoms with E-state index in [2.05, 4.69) is 5.32 Å². The summed E-state index contributed by atoms with van der Waals surface area (Å²) in [4.78, 5) is 10.9. The highest BCUT2D eigenvalue weighted by atomic mass is 16.1. The van der Waals surface area contributed by atoms with Gasteiger partial charge in [-0.2, -0.15) is 5.26 Å². The van der Waals surface area contributed by atoms with E-state index in [0.29, 0.717) is 6.42 Å². The number of benzene rings is 1. The summed E-state index contributed by atoms with van der Waals surface area (Å²) in [5.41, 5.74) is 0.987. The van der Waals surface area contributed by atoms with Crippen LogP contribution in [0.15, 0.2) is 30.3 Å². The van der Waals surface area contributed by atoms with E-state index in [0.717, 1.165) is 5.56 Å². The molecular formula is C12H10N2O. The third kappa shape index (κ3) is 3.54. The average Bonchev–Trinajstić information content (AvgIpc) is 2.29. The second kappa shape index (κ2) is 5.47. The quantitative estimate of drug-likeness (QED) is 0.733. The van der Waals surface area contributed by atoms with Crippen LogP contribution in [-0.4, -0.2) is 11.9 Å². The number of terminal acetylenes is 1. The number of hydrogen-bond donors (Lipinski definition) is 1. The molecule has 0 fully saturated rings. The van der Waals surface area contributed by atoms with E-state index in [1.54, 1.807) is 0 Å². The van der Waals surface area contributed by atoms with Crippen LogP contribution in [-0.2, 0) is 11.2 Å². The molecule has 0 aliphatic rings. The molecule has 0 saturated heterocycles. The van der Waals surface area contributed by atoms with Gasteiger partial charge in [-0.25, -0.2) is 0 Å². The predicted molar refractivity (Wildman–Crippen MR) is 56.5 cm³/mol. The minimum Gasteiger partial charge on any atom is -0.329 e. The molecule has 0 radical (unpaired) electrons. The van der Waals surface area contributed by atoms with Crippen LogP contribution >= 0.6 is 0 Å². The number of amides is 1. The molecule has 1 aromatic carbocycles. The Kier molecular flexibility index (Phi) is 3.94. The Labute approximate surface area is 88.7 Å². The highest BCUT2D eigenvalue weighted by Gasteiger charge is 2.09. The van der Waals surface area contributed by atoms with Crippen LogP contribution < -0.4 is 5.32 Å². The molecule has 1 amide bonds. The number of nitrogens with zero attached hydrogens (tertiary/aromatic N) is 1. The summed E-state index contributed by atoms with van der Waals surface area (Å²) >= 11 is 0. The topological polar surface area (TPSA) is 52.9 Å². The van der Waals surface area contributed by atoms with E-state index in [1.807, 2.05) is 42.3 Å². The molecule has 1 rings (SSSR count). The fraction of sp³-hybridized carbons (Fsp3) is 0.167. The van der Waals surface area contributed by atoms with E-state index in [4.69, 9.17) is 11.7 Å². The summed E-state index contributed by atoms with van der Waals surface area (Å²) in [6.07, 6.45) is 5.36. The maximum absolute atomic E-state index is 10.9. The lowest BCUT2D eigenvalue weighted by Crippen LogP contribution is -2.34. The summed E-state index contributed by atoms with van der Waals surface area (Å²) in [6, 6.07) is 10.9. The minimum atomic E-state index is -0.573. The van der Waals surface area contributed by atoms with E-state index < -0.39 is 11.9 Å². The van der Waals surface area contributed by atoms with Gasteiger partial charge in [-0.1, -0.05) is 30.3 Å². The van der Waals surface area contributed by atoms with Crippen molar-refractivity contribution in [2.45, 2.75) is 12.5 Å². The fourth-order valence-electron chi connectivity index (χ4n) is 1.18. The highest BCUT2D eigenvalue weighted by molar-refractivity contribution is 5.93. The van der Waals surface area contributed by atoms with E-state index in [1.165, 1.54) is 0 Å². The lowest BCUT2D eigenvalue weighted by Gasteiger charge is -2.08. The van der Waals surface area contributed by atoms with Crippen LogP contribution in [0, 0.1) is 23.7 Å². The van der Waals surface area contributed by atoms with Crippen LogP contribution in [0.1, 0.15) is 5.56 Å². The number of carbonyl (C=O) groups excluding carboxylic acids is 1. The highest BCUT2D eigenvalue weighted by Crippen LogP contribution is 2.02. The number of nitrogens with one attached hydrogen (secondary N) is 1. The monoisotopic (exact) mass is 198 g/mol. The molecule has 0 saturated carbocycles. The van der Waals surface area contributed by atoms with Gasteiger partial charge in [0.2, 0.25) is 0 Å². The molecule has 1 unspecified atom stereocenters. The van der Waals surface area contributed by atoms with Gasteiger partial charge in [0.05, 0.1) is 6.07 Å². The number of hydrogen-bond acceptors (Lipinski definition) is 2. The second-order valence-electron chi connectivity index (χ2n) is 2.99. The molecule has 15 heavy (non-hydrogen) atoms. The Morgan fingerprint density at radius 1 is 1.47 bits per heavy atom. The zero-order valence-electron chi connectivity index (χ0n) is 8.10. The van der Waals surface area contributed by atoms with Crippen molar-refractivity contribution in [3.63, 3.8) is 0 Å². The molecule has 0 heterocycles. The predicted octanol–water partition coefficient (Wildman–Crippen LogP) is 0.871. The molecule has 1 aromatic rings.